The Morgan fingerprint density at radius 3 is 1.62 bits per heavy atom. The summed E-state index contributed by atoms with van der Waals surface area (Å²) in [5.74, 6) is 0. The number of benzene rings is 6. The van der Waals surface area contributed by atoms with Gasteiger partial charge >= 0.3 is 0 Å². The van der Waals surface area contributed by atoms with Crippen molar-refractivity contribution >= 4 is 49.8 Å². The lowest BCUT2D eigenvalue weighted by atomic mass is 10.0. The molecular weight excluding hydrogens is 512 g/mol. The smallest absolute Gasteiger partial charge is 0.153 e. The van der Waals surface area contributed by atoms with Gasteiger partial charge in [-0.15, -0.1) is 0 Å². The highest BCUT2D eigenvalue weighted by atomic mass is 16.3. The van der Waals surface area contributed by atoms with Crippen molar-refractivity contribution in [3.8, 4) is 22.3 Å². The molecule has 0 N–H and O–H groups in total. The molecule has 0 unspecified atom stereocenters. The van der Waals surface area contributed by atoms with E-state index in [1.54, 1.807) is 6.20 Å². The van der Waals surface area contributed by atoms with Gasteiger partial charge in [0, 0.05) is 39.4 Å². The van der Waals surface area contributed by atoms with Crippen molar-refractivity contribution in [3.05, 3.63) is 158 Å². The maximum atomic E-state index is 6.36. The summed E-state index contributed by atoms with van der Waals surface area (Å²) >= 11 is 0. The second kappa shape index (κ2) is 10.1. The molecule has 0 aliphatic rings. The highest BCUT2D eigenvalue weighted by Gasteiger charge is 2.16. The van der Waals surface area contributed by atoms with Crippen molar-refractivity contribution in [1.29, 1.82) is 0 Å². The molecule has 0 spiro atoms. The van der Waals surface area contributed by atoms with Crippen LogP contribution in [-0.4, -0.2) is 4.98 Å². The molecule has 2 heterocycles. The van der Waals surface area contributed by atoms with Crippen LogP contribution in [0, 0.1) is 0 Å². The van der Waals surface area contributed by atoms with E-state index in [9.17, 15) is 0 Å². The molecule has 42 heavy (non-hydrogen) atoms. The molecule has 0 saturated heterocycles. The van der Waals surface area contributed by atoms with Gasteiger partial charge in [-0.25, -0.2) is 0 Å². The van der Waals surface area contributed by atoms with Crippen LogP contribution in [0.5, 0.6) is 0 Å². The van der Waals surface area contributed by atoms with Crippen LogP contribution in [0.25, 0.3) is 55.0 Å². The third-order valence-corrected chi connectivity index (χ3v) is 7.97. The zero-order chi connectivity index (χ0) is 27.9. The fourth-order valence-electron chi connectivity index (χ4n) is 5.85. The molecule has 2 aromatic heterocycles. The van der Waals surface area contributed by atoms with Gasteiger partial charge in [-0.1, -0.05) is 97.1 Å². The second-order valence-corrected chi connectivity index (χ2v) is 10.5. The van der Waals surface area contributed by atoms with Gasteiger partial charge in [0.25, 0.3) is 0 Å². The zero-order valence-corrected chi connectivity index (χ0v) is 22.8. The highest BCUT2D eigenvalue weighted by Crippen LogP contribution is 2.40. The molecule has 0 aliphatic carbocycles. The summed E-state index contributed by atoms with van der Waals surface area (Å²) in [6.07, 6.45) is 3.61. The average molecular weight is 539 g/mol. The van der Waals surface area contributed by atoms with Gasteiger partial charge in [0.2, 0.25) is 0 Å². The number of pyridine rings is 1. The maximum Gasteiger partial charge on any atom is 0.153 e. The van der Waals surface area contributed by atoms with E-state index in [-0.39, 0.29) is 0 Å². The van der Waals surface area contributed by atoms with Crippen molar-refractivity contribution in [2.75, 3.05) is 4.90 Å². The van der Waals surface area contributed by atoms with Gasteiger partial charge in [0.05, 0.1) is 6.20 Å². The Bertz CT molecular complexity index is 2080. The number of hydrogen-bond acceptors (Lipinski definition) is 3. The number of rotatable bonds is 5. The van der Waals surface area contributed by atoms with Crippen LogP contribution >= 0.6 is 0 Å². The Morgan fingerprint density at radius 1 is 0.452 bits per heavy atom. The first-order chi connectivity index (χ1) is 20.8. The molecule has 0 aliphatic heterocycles. The first kappa shape index (κ1) is 24.2. The number of fused-ring (bicyclic) bond motifs is 5. The van der Waals surface area contributed by atoms with Crippen LogP contribution in [0.1, 0.15) is 0 Å². The van der Waals surface area contributed by atoms with E-state index >= 15 is 0 Å². The molecule has 0 bridgehead atoms. The predicted octanol–water partition coefficient (Wildman–Crippen LogP) is 10.9. The molecule has 0 fully saturated rings. The molecule has 0 amide bonds. The minimum Gasteiger partial charge on any atom is -0.454 e. The third-order valence-electron chi connectivity index (χ3n) is 7.97. The summed E-state index contributed by atoms with van der Waals surface area (Å²) in [7, 11) is 0. The Kier molecular flexibility index (Phi) is 5.79. The van der Waals surface area contributed by atoms with E-state index in [4.69, 9.17) is 4.42 Å². The van der Waals surface area contributed by atoms with E-state index in [2.05, 4.69) is 137 Å². The van der Waals surface area contributed by atoms with Gasteiger partial charge in [-0.2, -0.15) is 0 Å². The van der Waals surface area contributed by atoms with Crippen molar-refractivity contribution in [2.24, 2.45) is 0 Å². The first-order valence-corrected chi connectivity index (χ1v) is 14.1. The normalized spacial score (nSPS) is 11.3. The van der Waals surface area contributed by atoms with Crippen LogP contribution < -0.4 is 4.90 Å². The van der Waals surface area contributed by atoms with Crippen LogP contribution in [-0.2, 0) is 0 Å². The lowest BCUT2D eigenvalue weighted by Crippen LogP contribution is -2.09. The summed E-state index contributed by atoms with van der Waals surface area (Å²) in [5.41, 5.74) is 9.71. The quantitative estimate of drug-likeness (QED) is 0.218. The molecular formula is C39H26N2O. The maximum absolute atomic E-state index is 6.36. The SMILES string of the molecule is c1ccc(-c2ccc(N(c3ccc(-c4ccccc4)cc3)c3ccc4ccc5c6ccncc6oc5c4c3)cc2)cc1. The summed E-state index contributed by atoms with van der Waals surface area (Å²) < 4.78 is 6.36. The van der Waals surface area contributed by atoms with Crippen LogP contribution in [0.2, 0.25) is 0 Å². The number of nitrogens with zero attached hydrogens (tertiary/aromatic N) is 2. The monoisotopic (exact) mass is 538 g/mol. The highest BCUT2D eigenvalue weighted by molar-refractivity contribution is 6.15. The van der Waals surface area contributed by atoms with Crippen molar-refractivity contribution in [2.45, 2.75) is 0 Å². The molecule has 0 atom stereocenters. The van der Waals surface area contributed by atoms with E-state index in [0.717, 1.165) is 49.8 Å². The minimum absolute atomic E-state index is 0.801. The van der Waals surface area contributed by atoms with Gasteiger partial charge < -0.3 is 9.32 Å². The number of hydrogen-bond donors (Lipinski definition) is 0. The van der Waals surface area contributed by atoms with Gasteiger partial charge in [0.1, 0.15) is 5.58 Å². The summed E-state index contributed by atoms with van der Waals surface area (Å²) in [6.45, 7) is 0. The van der Waals surface area contributed by atoms with Crippen LogP contribution in [0.15, 0.2) is 162 Å². The lowest BCUT2D eigenvalue weighted by molar-refractivity contribution is 0.670. The van der Waals surface area contributed by atoms with E-state index < -0.39 is 0 Å². The zero-order valence-electron chi connectivity index (χ0n) is 22.8. The van der Waals surface area contributed by atoms with Crippen molar-refractivity contribution < 1.29 is 4.42 Å². The Balaban J connectivity index is 1.28. The molecule has 3 nitrogen and oxygen atoms in total. The van der Waals surface area contributed by atoms with E-state index in [1.165, 1.54) is 22.3 Å². The van der Waals surface area contributed by atoms with E-state index in [1.807, 2.05) is 24.4 Å². The second-order valence-electron chi connectivity index (χ2n) is 10.5. The molecule has 0 radical (unpaired) electrons. The summed E-state index contributed by atoms with van der Waals surface area (Å²) in [5, 5.41) is 4.39. The Morgan fingerprint density at radius 2 is 1.00 bits per heavy atom. The van der Waals surface area contributed by atoms with Crippen molar-refractivity contribution in [3.63, 3.8) is 0 Å². The topological polar surface area (TPSA) is 29.3 Å². The number of aromatic nitrogens is 1. The number of furan rings is 1. The average Bonchev–Trinajstić information content (AvgIpc) is 3.46. The predicted molar refractivity (Wildman–Crippen MR) is 175 cm³/mol. The van der Waals surface area contributed by atoms with Crippen LogP contribution in [0.4, 0.5) is 17.1 Å². The van der Waals surface area contributed by atoms with Crippen molar-refractivity contribution in [1.82, 2.24) is 4.98 Å². The van der Waals surface area contributed by atoms with Gasteiger partial charge in [-0.05, 0) is 76.2 Å². The minimum atomic E-state index is 0.801. The Labute approximate surface area is 243 Å². The summed E-state index contributed by atoms with van der Waals surface area (Å²) in [6, 6.07) is 51.5. The van der Waals surface area contributed by atoms with Gasteiger partial charge in [-0.3, -0.25) is 4.98 Å². The molecule has 8 aromatic rings. The van der Waals surface area contributed by atoms with Gasteiger partial charge in [0.15, 0.2) is 5.58 Å². The molecule has 198 valence electrons. The molecule has 3 heteroatoms. The fourth-order valence-corrected chi connectivity index (χ4v) is 5.85. The summed E-state index contributed by atoms with van der Waals surface area (Å²) in [4.78, 5) is 6.58. The molecule has 0 saturated carbocycles. The lowest BCUT2D eigenvalue weighted by Gasteiger charge is -2.26. The third kappa shape index (κ3) is 4.20. The van der Waals surface area contributed by atoms with E-state index in [0.29, 0.717) is 0 Å². The standard InChI is InChI=1S/C39H26N2O/c1-3-7-27(8-4-1)29-11-17-32(18-12-29)41(33-19-13-30(14-20-33)28-9-5-2-6-10-28)34-21-15-31-16-22-36-35-23-24-40-26-38(35)42-39(36)37(31)25-34/h1-26H. The molecule has 6 aromatic carbocycles. The fraction of sp³-hybridized carbons (Fsp3) is 0. The largest absolute Gasteiger partial charge is 0.454 e. The number of anilines is 3. The van der Waals surface area contributed by atoms with Crippen LogP contribution in [0.3, 0.4) is 0 Å². The molecule has 8 rings (SSSR count). The Hall–Kier alpha value is -5.67. The first-order valence-electron chi connectivity index (χ1n) is 14.1.